The summed E-state index contributed by atoms with van der Waals surface area (Å²) < 4.78 is 7.17. The average Bonchev–Trinajstić information content (AvgIpc) is 2.38. The third-order valence-electron chi connectivity index (χ3n) is 3.69. The molecule has 0 radical (unpaired) electrons. The predicted molar refractivity (Wildman–Crippen MR) is 93.1 cm³/mol. The largest absolute Gasteiger partial charge is 0.488 e. The van der Waals surface area contributed by atoms with E-state index in [2.05, 4.69) is 86.9 Å². The van der Waals surface area contributed by atoms with Crippen molar-refractivity contribution in [1.82, 2.24) is 0 Å². The molecule has 0 spiro atoms. The molecule has 2 rings (SSSR count). The number of halogens is 1. The maximum absolute atomic E-state index is 6.07. The molecule has 2 aromatic rings. The van der Waals surface area contributed by atoms with Crippen molar-refractivity contribution in [2.45, 2.75) is 46.6 Å². The maximum Gasteiger partial charge on any atom is 0.125 e. The second-order valence-electron chi connectivity index (χ2n) is 6.57. The van der Waals surface area contributed by atoms with E-state index in [-0.39, 0.29) is 5.41 Å². The molecule has 0 unspecified atom stereocenters. The summed E-state index contributed by atoms with van der Waals surface area (Å²) in [7, 11) is 0. The first-order valence-corrected chi connectivity index (χ1v) is 8.06. The second-order valence-corrected chi connectivity index (χ2v) is 7.42. The Morgan fingerprint density at radius 1 is 1.00 bits per heavy atom. The molecule has 21 heavy (non-hydrogen) atoms. The number of ether oxygens (including phenoxy) is 1. The monoisotopic (exact) mass is 346 g/mol. The lowest BCUT2D eigenvalue weighted by molar-refractivity contribution is 0.301. The fraction of sp³-hybridized carbons (Fsp3) is 0.368. The van der Waals surface area contributed by atoms with Gasteiger partial charge in [0.15, 0.2) is 0 Å². The molecular weight excluding hydrogens is 324 g/mol. The molecule has 0 atom stereocenters. The number of hydrogen-bond acceptors (Lipinski definition) is 1. The van der Waals surface area contributed by atoms with Crippen molar-refractivity contribution in [3.8, 4) is 5.75 Å². The summed E-state index contributed by atoms with van der Waals surface area (Å²) in [6.45, 7) is 11.4. The highest BCUT2D eigenvalue weighted by Gasteiger charge is 2.15. The van der Waals surface area contributed by atoms with Gasteiger partial charge in [0.1, 0.15) is 12.4 Å². The van der Waals surface area contributed by atoms with Crippen molar-refractivity contribution >= 4 is 15.9 Å². The van der Waals surface area contributed by atoms with Crippen molar-refractivity contribution in [1.29, 1.82) is 0 Å². The first-order chi connectivity index (χ1) is 9.79. The Labute approximate surface area is 136 Å². The SMILES string of the molecule is Cc1cccc(C)c1OCc1cc(C(C)(C)C)ccc1Br. The van der Waals surface area contributed by atoms with E-state index in [1.54, 1.807) is 0 Å². The molecular formula is C19H23BrO. The Balaban J connectivity index is 2.24. The predicted octanol–water partition coefficient (Wildman–Crippen LogP) is 5.94. The van der Waals surface area contributed by atoms with Crippen LogP contribution in [0.15, 0.2) is 40.9 Å². The van der Waals surface area contributed by atoms with Crippen LogP contribution in [0, 0.1) is 13.8 Å². The lowest BCUT2D eigenvalue weighted by Crippen LogP contribution is -2.12. The summed E-state index contributed by atoms with van der Waals surface area (Å²) in [5.74, 6) is 0.991. The van der Waals surface area contributed by atoms with Crippen LogP contribution in [0.25, 0.3) is 0 Å². The molecule has 0 bridgehead atoms. The highest BCUT2D eigenvalue weighted by Crippen LogP contribution is 2.29. The summed E-state index contributed by atoms with van der Waals surface area (Å²) in [4.78, 5) is 0. The number of benzene rings is 2. The molecule has 0 N–H and O–H groups in total. The van der Waals surface area contributed by atoms with Crippen molar-refractivity contribution in [2.24, 2.45) is 0 Å². The molecule has 0 aliphatic carbocycles. The van der Waals surface area contributed by atoms with Crippen LogP contribution in [-0.2, 0) is 12.0 Å². The van der Waals surface area contributed by atoms with Crippen LogP contribution in [0.1, 0.15) is 43.0 Å². The van der Waals surface area contributed by atoms with E-state index in [0.717, 1.165) is 10.2 Å². The second kappa shape index (κ2) is 6.23. The van der Waals surface area contributed by atoms with E-state index in [9.17, 15) is 0 Å². The van der Waals surface area contributed by atoms with Gasteiger partial charge in [-0.2, -0.15) is 0 Å². The van der Waals surface area contributed by atoms with Crippen molar-refractivity contribution in [2.75, 3.05) is 0 Å². The first kappa shape index (κ1) is 16.1. The minimum absolute atomic E-state index is 0.147. The molecule has 112 valence electrons. The summed E-state index contributed by atoms with van der Waals surface area (Å²) in [5.41, 5.74) is 5.01. The van der Waals surface area contributed by atoms with E-state index >= 15 is 0 Å². The molecule has 0 aliphatic heterocycles. The summed E-state index contributed by atoms with van der Waals surface area (Å²) in [6.07, 6.45) is 0. The Morgan fingerprint density at radius 2 is 1.62 bits per heavy atom. The number of hydrogen-bond donors (Lipinski definition) is 0. The van der Waals surface area contributed by atoms with E-state index in [1.807, 2.05) is 0 Å². The Bertz CT molecular complexity index is 618. The molecule has 0 amide bonds. The van der Waals surface area contributed by atoms with Crippen LogP contribution >= 0.6 is 15.9 Å². The minimum atomic E-state index is 0.147. The van der Waals surface area contributed by atoms with Gasteiger partial charge >= 0.3 is 0 Å². The number of aryl methyl sites for hydroxylation is 2. The van der Waals surface area contributed by atoms with Gasteiger partial charge in [-0.05, 0) is 42.0 Å². The van der Waals surface area contributed by atoms with Crippen LogP contribution in [0.3, 0.4) is 0 Å². The molecule has 2 heteroatoms. The van der Waals surface area contributed by atoms with Crippen molar-refractivity contribution < 1.29 is 4.74 Å². The Morgan fingerprint density at radius 3 is 2.19 bits per heavy atom. The van der Waals surface area contributed by atoms with Crippen LogP contribution < -0.4 is 4.74 Å². The van der Waals surface area contributed by atoms with Gasteiger partial charge in [0, 0.05) is 10.0 Å². The van der Waals surface area contributed by atoms with Gasteiger partial charge in [-0.15, -0.1) is 0 Å². The molecule has 0 fully saturated rings. The Kier molecular flexibility index (Phi) is 4.77. The van der Waals surface area contributed by atoms with E-state index in [0.29, 0.717) is 6.61 Å². The topological polar surface area (TPSA) is 9.23 Å². The van der Waals surface area contributed by atoms with Crippen molar-refractivity contribution in [3.05, 3.63) is 63.1 Å². The molecule has 0 saturated carbocycles. The van der Waals surface area contributed by atoms with Gasteiger partial charge in [0.2, 0.25) is 0 Å². The third-order valence-corrected chi connectivity index (χ3v) is 4.47. The van der Waals surface area contributed by atoms with E-state index < -0.39 is 0 Å². The fourth-order valence-electron chi connectivity index (χ4n) is 2.33. The van der Waals surface area contributed by atoms with Crippen LogP contribution in [-0.4, -0.2) is 0 Å². The molecule has 2 aromatic carbocycles. The maximum atomic E-state index is 6.07. The Hall–Kier alpha value is -1.28. The molecule has 0 heterocycles. The zero-order valence-electron chi connectivity index (χ0n) is 13.5. The summed E-state index contributed by atoms with van der Waals surface area (Å²) in [6, 6.07) is 12.8. The van der Waals surface area contributed by atoms with E-state index in [1.165, 1.54) is 22.3 Å². The van der Waals surface area contributed by atoms with Gasteiger partial charge in [0.25, 0.3) is 0 Å². The van der Waals surface area contributed by atoms with Crippen LogP contribution in [0.5, 0.6) is 5.75 Å². The number of para-hydroxylation sites is 1. The lowest BCUT2D eigenvalue weighted by atomic mass is 9.86. The zero-order valence-corrected chi connectivity index (χ0v) is 15.0. The standard InChI is InChI=1S/C19H23BrO/c1-13-7-6-8-14(2)18(13)21-12-15-11-16(19(3,4)5)9-10-17(15)20/h6-11H,12H2,1-5H3. The van der Waals surface area contributed by atoms with Crippen molar-refractivity contribution in [3.63, 3.8) is 0 Å². The highest BCUT2D eigenvalue weighted by molar-refractivity contribution is 9.10. The summed E-state index contributed by atoms with van der Waals surface area (Å²) in [5, 5.41) is 0. The fourth-order valence-corrected chi connectivity index (χ4v) is 2.69. The normalized spacial score (nSPS) is 11.5. The zero-order chi connectivity index (χ0) is 15.6. The van der Waals surface area contributed by atoms with Gasteiger partial charge < -0.3 is 4.74 Å². The lowest BCUT2D eigenvalue weighted by Gasteiger charge is -2.21. The summed E-state index contributed by atoms with van der Waals surface area (Å²) >= 11 is 3.63. The van der Waals surface area contributed by atoms with Crippen LogP contribution in [0.4, 0.5) is 0 Å². The molecule has 1 nitrogen and oxygen atoms in total. The van der Waals surface area contributed by atoms with Gasteiger partial charge in [0.05, 0.1) is 0 Å². The smallest absolute Gasteiger partial charge is 0.125 e. The van der Waals surface area contributed by atoms with Crippen LogP contribution in [0.2, 0.25) is 0 Å². The highest BCUT2D eigenvalue weighted by atomic mass is 79.9. The van der Waals surface area contributed by atoms with Gasteiger partial charge in [-0.25, -0.2) is 0 Å². The number of rotatable bonds is 3. The molecule has 0 aliphatic rings. The quantitative estimate of drug-likeness (QED) is 0.667. The average molecular weight is 347 g/mol. The van der Waals surface area contributed by atoms with E-state index in [4.69, 9.17) is 4.74 Å². The minimum Gasteiger partial charge on any atom is -0.488 e. The van der Waals surface area contributed by atoms with Gasteiger partial charge in [-0.3, -0.25) is 0 Å². The molecule has 0 aromatic heterocycles. The van der Waals surface area contributed by atoms with Gasteiger partial charge in [-0.1, -0.05) is 67.0 Å². The molecule has 0 saturated heterocycles. The first-order valence-electron chi connectivity index (χ1n) is 7.27. The third kappa shape index (κ3) is 3.88.